The van der Waals surface area contributed by atoms with Gasteiger partial charge in [0.2, 0.25) is 0 Å². The van der Waals surface area contributed by atoms with Crippen LogP contribution in [-0.4, -0.2) is 24.4 Å². The SMILES string of the molecule is CCOc1cc(CNC(CC)CO)cc(Cl)c1OCc1ccc(Cl)cc1Cl.[Cl-]. The molecule has 0 aliphatic rings. The van der Waals surface area contributed by atoms with E-state index < -0.39 is 0 Å². The first-order valence-corrected chi connectivity index (χ1v) is 9.98. The van der Waals surface area contributed by atoms with E-state index in [1.807, 2.05) is 32.0 Å². The first kappa shape index (κ1) is 25.2. The lowest BCUT2D eigenvalue weighted by Crippen LogP contribution is -3.00. The summed E-state index contributed by atoms with van der Waals surface area (Å²) in [6.07, 6.45) is 0.839. The van der Waals surface area contributed by atoms with E-state index in [-0.39, 0.29) is 31.7 Å². The Bertz CT molecular complexity index is 754. The fourth-order valence-electron chi connectivity index (χ4n) is 2.52. The van der Waals surface area contributed by atoms with Gasteiger partial charge in [-0.05, 0) is 43.2 Å². The van der Waals surface area contributed by atoms with Gasteiger partial charge in [-0.25, -0.2) is 0 Å². The van der Waals surface area contributed by atoms with Crippen LogP contribution in [0.5, 0.6) is 11.5 Å². The van der Waals surface area contributed by atoms with Gasteiger partial charge in [0.05, 0.1) is 18.2 Å². The van der Waals surface area contributed by atoms with Crippen molar-refractivity contribution >= 4 is 34.8 Å². The minimum atomic E-state index is 0. The van der Waals surface area contributed by atoms with E-state index in [1.165, 1.54) is 0 Å². The summed E-state index contributed by atoms with van der Waals surface area (Å²) in [5.41, 5.74) is 1.76. The summed E-state index contributed by atoms with van der Waals surface area (Å²) >= 11 is 18.6. The van der Waals surface area contributed by atoms with Crippen molar-refractivity contribution in [2.24, 2.45) is 0 Å². The number of rotatable bonds is 10. The molecular formula is C20H24Cl4NO3-. The topological polar surface area (TPSA) is 50.7 Å². The molecule has 0 saturated heterocycles. The molecule has 2 rings (SSSR count). The summed E-state index contributed by atoms with van der Waals surface area (Å²) in [5, 5.41) is 14.2. The van der Waals surface area contributed by atoms with Crippen molar-refractivity contribution in [2.45, 2.75) is 39.5 Å². The molecule has 0 aliphatic carbocycles. The zero-order chi connectivity index (χ0) is 19.8. The fraction of sp³-hybridized carbons (Fsp3) is 0.400. The molecule has 0 heterocycles. The largest absolute Gasteiger partial charge is 1.00 e. The summed E-state index contributed by atoms with van der Waals surface area (Å²) in [6, 6.07) is 9.02. The van der Waals surface area contributed by atoms with Crippen LogP contribution in [0.1, 0.15) is 31.4 Å². The van der Waals surface area contributed by atoms with Gasteiger partial charge in [-0.3, -0.25) is 0 Å². The van der Waals surface area contributed by atoms with E-state index in [0.717, 1.165) is 17.5 Å². The van der Waals surface area contributed by atoms with Gasteiger partial charge in [0.15, 0.2) is 11.5 Å². The molecule has 156 valence electrons. The molecular weight excluding hydrogens is 444 g/mol. The summed E-state index contributed by atoms with van der Waals surface area (Å²) in [4.78, 5) is 0. The summed E-state index contributed by atoms with van der Waals surface area (Å²) in [6.45, 7) is 5.31. The predicted octanol–water partition coefficient (Wildman–Crippen LogP) is 2.49. The number of hydrogen-bond donors (Lipinski definition) is 2. The molecule has 8 heteroatoms. The van der Waals surface area contributed by atoms with Crippen LogP contribution in [0, 0.1) is 0 Å². The van der Waals surface area contributed by atoms with E-state index in [2.05, 4.69) is 5.32 Å². The first-order chi connectivity index (χ1) is 13.0. The highest BCUT2D eigenvalue weighted by molar-refractivity contribution is 6.35. The molecule has 0 aliphatic heterocycles. The van der Waals surface area contributed by atoms with Crippen LogP contribution in [0.2, 0.25) is 15.1 Å². The second kappa shape index (κ2) is 12.6. The van der Waals surface area contributed by atoms with Gasteiger partial charge in [0.25, 0.3) is 0 Å². The summed E-state index contributed by atoms with van der Waals surface area (Å²) < 4.78 is 11.6. The lowest BCUT2D eigenvalue weighted by Gasteiger charge is -2.18. The van der Waals surface area contributed by atoms with Crippen LogP contribution in [0.25, 0.3) is 0 Å². The van der Waals surface area contributed by atoms with Gasteiger partial charge in [-0.2, -0.15) is 0 Å². The van der Waals surface area contributed by atoms with Crippen LogP contribution in [0.4, 0.5) is 0 Å². The molecule has 0 bridgehead atoms. The molecule has 28 heavy (non-hydrogen) atoms. The highest BCUT2D eigenvalue weighted by atomic mass is 35.5. The van der Waals surface area contributed by atoms with E-state index in [9.17, 15) is 5.11 Å². The number of aliphatic hydroxyl groups excluding tert-OH is 1. The van der Waals surface area contributed by atoms with E-state index in [0.29, 0.717) is 39.7 Å². The van der Waals surface area contributed by atoms with Gasteiger partial charge in [-0.15, -0.1) is 0 Å². The number of halogens is 4. The predicted molar refractivity (Wildman–Crippen MR) is 111 cm³/mol. The van der Waals surface area contributed by atoms with Gasteiger partial charge in [0.1, 0.15) is 6.61 Å². The Morgan fingerprint density at radius 3 is 2.39 bits per heavy atom. The lowest BCUT2D eigenvalue weighted by molar-refractivity contribution is -0.00000709. The molecule has 4 nitrogen and oxygen atoms in total. The van der Waals surface area contributed by atoms with Crippen LogP contribution in [-0.2, 0) is 13.2 Å². The monoisotopic (exact) mass is 466 g/mol. The van der Waals surface area contributed by atoms with Crippen molar-refractivity contribution < 1.29 is 27.0 Å². The molecule has 0 fully saturated rings. The lowest BCUT2D eigenvalue weighted by atomic mass is 10.1. The molecule has 0 spiro atoms. The number of aliphatic hydroxyl groups is 1. The third-order valence-corrected chi connectivity index (χ3v) is 4.93. The molecule has 0 amide bonds. The van der Waals surface area contributed by atoms with Gasteiger partial charge in [-0.1, -0.05) is 47.8 Å². The van der Waals surface area contributed by atoms with Crippen molar-refractivity contribution in [1.29, 1.82) is 0 Å². The van der Waals surface area contributed by atoms with Crippen LogP contribution >= 0.6 is 34.8 Å². The number of benzene rings is 2. The Hall–Kier alpha value is -0.880. The highest BCUT2D eigenvalue weighted by Gasteiger charge is 2.14. The van der Waals surface area contributed by atoms with Crippen molar-refractivity contribution in [1.82, 2.24) is 5.32 Å². The Labute approximate surface area is 187 Å². The third kappa shape index (κ3) is 7.18. The Morgan fingerprint density at radius 2 is 1.79 bits per heavy atom. The minimum Gasteiger partial charge on any atom is -1.00 e. The summed E-state index contributed by atoms with van der Waals surface area (Å²) in [5.74, 6) is 1.05. The quantitative estimate of drug-likeness (QED) is 0.563. The fourth-order valence-corrected chi connectivity index (χ4v) is 3.27. The van der Waals surface area contributed by atoms with Crippen molar-refractivity contribution in [2.75, 3.05) is 13.2 Å². The molecule has 2 aromatic rings. The molecule has 0 saturated carbocycles. The van der Waals surface area contributed by atoms with E-state index >= 15 is 0 Å². The van der Waals surface area contributed by atoms with Crippen molar-refractivity contribution in [3.8, 4) is 11.5 Å². The standard InChI is InChI=1S/C20H24Cl3NO3.ClH/c1-3-16(11-25)24-10-13-7-18(23)20(19(8-13)26-4-2)27-12-14-5-6-15(21)9-17(14)22;/h5-9,16,24-25H,3-4,10-12H2,1-2H3;1H/p-1. The maximum absolute atomic E-state index is 9.31. The van der Waals surface area contributed by atoms with Gasteiger partial charge < -0.3 is 32.3 Å². The summed E-state index contributed by atoms with van der Waals surface area (Å²) in [7, 11) is 0. The second-order valence-corrected chi connectivity index (χ2v) is 7.28. The van der Waals surface area contributed by atoms with Crippen LogP contribution < -0.4 is 27.2 Å². The normalized spacial score (nSPS) is 11.6. The smallest absolute Gasteiger partial charge is 0.180 e. The van der Waals surface area contributed by atoms with Gasteiger partial charge >= 0.3 is 0 Å². The molecule has 0 radical (unpaired) electrons. The average molecular weight is 468 g/mol. The maximum atomic E-state index is 9.31. The number of nitrogens with one attached hydrogen (secondary N) is 1. The zero-order valence-corrected chi connectivity index (χ0v) is 18.8. The maximum Gasteiger partial charge on any atom is 0.180 e. The van der Waals surface area contributed by atoms with Crippen molar-refractivity contribution in [3.05, 3.63) is 56.5 Å². The molecule has 1 atom stereocenters. The van der Waals surface area contributed by atoms with E-state index in [4.69, 9.17) is 44.3 Å². The third-order valence-electron chi connectivity index (χ3n) is 4.06. The number of ether oxygens (including phenoxy) is 2. The average Bonchev–Trinajstić information content (AvgIpc) is 2.63. The Balaban J connectivity index is 0.00000392. The molecule has 2 aromatic carbocycles. The minimum absolute atomic E-state index is 0. The first-order valence-electron chi connectivity index (χ1n) is 8.84. The van der Waals surface area contributed by atoms with Gasteiger partial charge in [0, 0.05) is 28.2 Å². The Kier molecular flexibility index (Phi) is 11.4. The molecule has 0 aromatic heterocycles. The highest BCUT2D eigenvalue weighted by Crippen LogP contribution is 2.37. The zero-order valence-electron chi connectivity index (χ0n) is 15.8. The van der Waals surface area contributed by atoms with Crippen LogP contribution in [0.3, 0.4) is 0 Å². The van der Waals surface area contributed by atoms with Crippen molar-refractivity contribution in [3.63, 3.8) is 0 Å². The second-order valence-electron chi connectivity index (χ2n) is 6.03. The molecule has 1 unspecified atom stereocenters. The van der Waals surface area contributed by atoms with E-state index in [1.54, 1.807) is 12.1 Å². The molecule has 2 N–H and O–H groups in total. The van der Waals surface area contributed by atoms with Crippen LogP contribution in [0.15, 0.2) is 30.3 Å². The Morgan fingerprint density at radius 1 is 1.04 bits per heavy atom. The number of hydrogen-bond acceptors (Lipinski definition) is 4.